The predicted molar refractivity (Wildman–Crippen MR) is 82.5 cm³/mol. The van der Waals surface area contributed by atoms with Gasteiger partial charge in [0.15, 0.2) is 0 Å². The minimum Gasteiger partial charge on any atom is -0.377 e. The molecule has 1 heterocycles. The monoisotopic (exact) mass is 361 g/mol. The van der Waals surface area contributed by atoms with Crippen molar-refractivity contribution in [3.05, 3.63) is 29.8 Å². The highest BCUT2D eigenvalue weighted by molar-refractivity contribution is 9.08. The van der Waals surface area contributed by atoms with E-state index in [1.165, 1.54) is 4.31 Å². The van der Waals surface area contributed by atoms with Crippen molar-refractivity contribution in [3.63, 3.8) is 0 Å². The molecule has 0 aromatic heterocycles. The Hall–Kier alpha value is -0.430. The van der Waals surface area contributed by atoms with Gasteiger partial charge in [-0.25, -0.2) is 8.42 Å². The highest BCUT2D eigenvalue weighted by Gasteiger charge is 2.36. The number of nitrogens with zero attached hydrogens (tertiary/aromatic N) is 1. The summed E-state index contributed by atoms with van der Waals surface area (Å²) in [7, 11) is -1.79. The van der Waals surface area contributed by atoms with E-state index in [-0.39, 0.29) is 5.60 Å². The van der Waals surface area contributed by atoms with Gasteiger partial charge >= 0.3 is 0 Å². The van der Waals surface area contributed by atoms with Crippen LogP contribution in [0.3, 0.4) is 0 Å². The Bertz CT molecular complexity index is 558. The molecule has 112 valence electrons. The molecule has 1 aromatic rings. The van der Waals surface area contributed by atoms with Gasteiger partial charge in [-0.2, -0.15) is 4.31 Å². The van der Waals surface area contributed by atoms with Gasteiger partial charge in [0.1, 0.15) is 0 Å². The maximum atomic E-state index is 12.6. The van der Waals surface area contributed by atoms with Crippen molar-refractivity contribution in [3.8, 4) is 0 Å². The summed E-state index contributed by atoms with van der Waals surface area (Å²) >= 11 is 3.36. The summed E-state index contributed by atoms with van der Waals surface area (Å²) in [5, 5.41) is 0.721. The normalized spacial score (nSPS) is 24.8. The Labute approximate surface area is 129 Å². The third-order valence-electron chi connectivity index (χ3n) is 3.83. The standard InChI is InChI=1S/C14H20BrNO3S/c1-14(19-2)8-3-9-16(11-14)20(17,18)13-6-4-12(10-15)5-7-13/h4-7H,3,8-11H2,1-2H3. The SMILES string of the molecule is COC1(C)CCCN(S(=O)(=O)c2ccc(CBr)cc2)C1. The second kappa shape index (κ2) is 6.13. The molecule has 1 aliphatic rings. The summed E-state index contributed by atoms with van der Waals surface area (Å²) in [6.45, 7) is 2.93. The lowest BCUT2D eigenvalue weighted by Crippen LogP contribution is -2.49. The van der Waals surface area contributed by atoms with E-state index in [0.717, 1.165) is 23.7 Å². The van der Waals surface area contributed by atoms with Crippen molar-refractivity contribution in [1.29, 1.82) is 0 Å². The fraction of sp³-hybridized carbons (Fsp3) is 0.571. The topological polar surface area (TPSA) is 46.6 Å². The third kappa shape index (κ3) is 3.24. The fourth-order valence-corrected chi connectivity index (χ4v) is 4.40. The minimum absolute atomic E-state index is 0.350. The highest BCUT2D eigenvalue weighted by Crippen LogP contribution is 2.28. The summed E-state index contributed by atoms with van der Waals surface area (Å²) in [4.78, 5) is 0.350. The van der Waals surface area contributed by atoms with Gasteiger partial charge in [-0.15, -0.1) is 0 Å². The molecule has 6 heteroatoms. The summed E-state index contributed by atoms with van der Waals surface area (Å²) in [6.07, 6.45) is 1.71. The molecule has 1 saturated heterocycles. The van der Waals surface area contributed by atoms with E-state index in [0.29, 0.717) is 18.0 Å². The molecule has 0 radical (unpaired) electrons. The molecule has 0 saturated carbocycles. The lowest BCUT2D eigenvalue weighted by atomic mass is 9.96. The van der Waals surface area contributed by atoms with Crippen molar-refractivity contribution in [1.82, 2.24) is 4.31 Å². The van der Waals surface area contributed by atoms with Gasteiger partial charge in [0.05, 0.1) is 10.5 Å². The third-order valence-corrected chi connectivity index (χ3v) is 6.34. The molecule has 1 fully saturated rings. The highest BCUT2D eigenvalue weighted by atomic mass is 79.9. The van der Waals surface area contributed by atoms with Crippen LogP contribution in [-0.2, 0) is 20.1 Å². The second-order valence-electron chi connectivity index (χ2n) is 5.37. The molecule has 1 aliphatic heterocycles. The number of hydrogen-bond acceptors (Lipinski definition) is 3. The van der Waals surface area contributed by atoms with Crippen molar-refractivity contribution in [2.75, 3.05) is 20.2 Å². The summed E-state index contributed by atoms with van der Waals surface area (Å²) < 4.78 is 32.3. The van der Waals surface area contributed by atoms with Gasteiger partial charge in [-0.05, 0) is 37.5 Å². The van der Waals surface area contributed by atoms with Crippen LogP contribution in [-0.4, -0.2) is 38.5 Å². The van der Waals surface area contributed by atoms with Gasteiger partial charge < -0.3 is 4.74 Å². The van der Waals surface area contributed by atoms with Crippen LogP contribution in [0.4, 0.5) is 0 Å². The van der Waals surface area contributed by atoms with Crippen molar-refractivity contribution in [2.45, 2.75) is 35.6 Å². The van der Waals surface area contributed by atoms with E-state index in [4.69, 9.17) is 4.74 Å². The number of rotatable bonds is 4. The molecule has 20 heavy (non-hydrogen) atoms. The van der Waals surface area contributed by atoms with Gasteiger partial charge in [-0.1, -0.05) is 28.1 Å². The van der Waals surface area contributed by atoms with E-state index >= 15 is 0 Å². The van der Waals surface area contributed by atoms with Crippen molar-refractivity contribution < 1.29 is 13.2 Å². The molecular formula is C14H20BrNO3S. The first kappa shape index (κ1) is 15.9. The molecule has 4 nitrogen and oxygen atoms in total. The van der Waals surface area contributed by atoms with E-state index in [9.17, 15) is 8.42 Å². The van der Waals surface area contributed by atoms with Gasteiger partial charge in [0.25, 0.3) is 0 Å². The maximum Gasteiger partial charge on any atom is 0.243 e. The molecule has 0 N–H and O–H groups in total. The second-order valence-corrected chi connectivity index (χ2v) is 7.87. The number of alkyl halides is 1. The van der Waals surface area contributed by atoms with Crippen LogP contribution in [0.2, 0.25) is 0 Å². The van der Waals surface area contributed by atoms with Crippen LogP contribution in [0, 0.1) is 0 Å². The van der Waals surface area contributed by atoms with E-state index in [1.54, 1.807) is 19.2 Å². The van der Waals surface area contributed by atoms with Crippen molar-refractivity contribution in [2.24, 2.45) is 0 Å². The van der Waals surface area contributed by atoms with Crippen molar-refractivity contribution >= 4 is 26.0 Å². The number of sulfonamides is 1. The summed E-state index contributed by atoms with van der Waals surface area (Å²) in [5.41, 5.74) is 0.672. The number of methoxy groups -OCH3 is 1. The first-order valence-electron chi connectivity index (χ1n) is 6.61. The van der Waals surface area contributed by atoms with Gasteiger partial charge in [0, 0.05) is 25.5 Å². The minimum atomic E-state index is -3.43. The number of benzene rings is 1. The summed E-state index contributed by atoms with van der Waals surface area (Å²) in [5.74, 6) is 0. The van der Waals surface area contributed by atoms with Gasteiger partial charge in [0.2, 0.25) is 10.0 Å². The first-order chi connectivity index (χ1) is 9.41. The lowest BCUT2D eigenvalue weighted by molar-refractivity contribution is -0.0319. The lowest BCUT2D eigenvalue weighted by Gasteiger charge is -2.38. The Kier molecular flexibility index (Phi) is 4.89. The molecule has 0 bridgehead atoms. The molecule has 0 spiro atoms. The Morgan fingerprint density at radius 2 is 2.00 bits per heavy atom. The zero-order chi connectivity index (χ0) is 14.8. The Morgan fingerprint density at radius 1 is 1.35 bits per heavy atom. The zero-order valence-electron chi connectivity index (χ0n) is 11.8. The molecule has 0 amide bonds. The Balaban J connectivity index is 2.25. The van der Waals surface area contributed by atoms with E-state index in [1.807, 2.05) is 19.1 Å². The smallest absolute Gasteiger partial charge is 0.243 e. The van der Waals surface area contributed by atoms with Crippen LogP contribution in [0.25, 0.3) is 0 Å². The molecular weight excluding hydrogens is 342 g/mol. The fourth-order valence-electron chi connectivity index (χ4n) is 2.43. The Morgan fingerprint density at radius 3 is 2.55 bits per heavy atom. The van der Waals surface area contributed by atoms with E-state index < -0.39 is 10.0 Å². The molecule has 0 aliphatic carbocycles. The van der Waals surface area contributed by atoms with Crippen LogP contribution in [0.1, 0.15) is 25.3 Å². The molecule has 1 atom stereocenters. The maximum absolute atomic E-state index is 12.6. The van der Waals surface area contributed by atoms with Crippen LogP contribution < -0.4 is 0 Å². The molecule has 1 aromatic carbocycles. The number of ether oxygens (including phenoxy) is 1. The first-order valence-corrected chi connectivity index (χ1v) is 9.18. The molecule has 2 rings (SSSR count). The van der Waals surface area contributed by atoms with Crippen LogP contribution in [0.15, 0.2) is 29.2 Å². The zero-order valence-corrected chi connectivity index (χ0v) is 14.2. The molecule has 1 unspecified atom stereocenters. The number of piperidine rings is 1. The average molecular weight is 362 g/mol. The predicted octanol–water partition coefficient (Wildman–Crippen LogP) is 2.77. The number of hydrogen-bond donors (Lipinski definition) is 0. The average Bonchev–Trinajstić information content (AvgIpc) is 2.47. The van der Waals surface area contributed by atoms with Crippen LogP contribution in [0.5, 0.6) is 0 Å². The quantitative estimate of drug-likeness (QED) is 0.774. The van der Waals surface area contributed by atoms with Gasteiger partial charge in [-0.3, -0.25) is 0 Å². The number of halogens is 1. The van der Waals surface area contributed by atoms with Crippen LogP contribution >= 0.6 is 15.9 Å². The largest absolute Gasteiger partial charge is 0.377 e. The summed E-state index contributed by atoms with van der Waals surface area (Å²) in [6, 6.07) is 7.01. The van der Waals surface area contributed by atoms with E-state index in [2.05, 4.69) is 15.9 Å².